The number of sulfonamides is 2. The number of nitrogens with one attached hydrogen (secondary N) is 2. The molecule has 0 radical (unpaired) electrons. The van der Waals surface area contributed by atoms with Crippen LogP contribution in [0.15, 0.2) is 53.4 Å². The van der Waals surface area contributed by atoms with Gasteiger partial charge in [0.25, 0.3) is 10.0 Å². The van der Waals surface area contributed by atoms with E-state index in [9.17, 15) is 16.8 Å². The van der Waals surface area contributed by atoms with Crippen LogP contribution in [0, 0.1) is 0 Å². The standard InChI is InChI=1S/C15H18N2O5S2/c1-3-22-14-8-10-15(11-9-14)24(20,21)17-13-6-4-12(5-7-13)16-23(2,18)19/h4-11,16-17H,3H2,1-2H3. The number of hydrogen-bond donors (Lipinski definition) is 2. The van der Waals surface area contributed by atoms with Crippen molar-refractivity contribution >= 4 is 31.4 Å². The van der Waals surface area contributed by atoms with Gasteiger partial charge in [0.2, 0.25) is 10.0 Å². The Balaban J connectivity index is 2.13. The lowest BCUT2D eigenvalue weighted by atomic mass is 10.3. The first kappa shape index (κ1) is 18.1. The first-order valence-electron chi connectivity index (χ1n) is 7.03. The monoisotopic (exact) mass is 370 g/mol. The summed E-state index contributed by atoms with van der Waals surface area (Å²) < 4.78 is 56.9. The van der Waals surface area contributed by atoms with Crippen molar-refractivity contribution in [1.82, 2.24) is 0 Å². The minimum absolute atomic E-state index is 0.101. The fraction of sp³-hybridized carbons (Fsp3) is 0.200. The lowest BCUT2D eigenvalue weighted by molar-refractivity contribution is 0.340. The van der Waals surface area contributed by atoms with Gasteiger partial charge >= 0.3 is 0 Å². The maximum atomic E-state index is 12.3. The quantitative estimate of drug-likeness (QED) is 0.778. The molecule has 2 rings (SSSR count). The van der Waals surface area contributed by atoms with Gasteiger partial charge in [0.1, 0.15) is 5.75 Å². The summed E-state index contributed by atoms with van der Waals surface area (Å²) in [6, 6.07) is 11.9. The van der Waals surface area contributed by atoms with Gasteiger partial charge in [0.15, 0.2) is 0 Å². The second-order valence-electron chi connectivity index (χ2n) is 4.96. The molecule has 2 aromatic carbocycles. The molecule has 0 atom stereocenters. The van der Waals surface area contributed by atoms with Gasteiger partial charge in [-0.1, -0.05) is 0 Å². The van der Waals surface area contributed by atoms with Crippen LogP contribution in [0.3, 0.4) is 0 Å². The van der Waals surface area contributed by atoms with E-state index in [1.807, 2.05) is 6.92 Å². The molecule has 7 nitrogen and oxygen atoms in total. The molecule has 0 fully saturated rings. The zero-order chi connectivity index (χ0) is 17.8. The molecule has 0 unspecified atom stereocenters. The summed E-state index contributed by atoms with van der Waals surface area (Å²) in [5.74, 6) is 0.590. The average Bonchev–Trinajstić information content (AvgIpc) is 2.48. The highest BCUT2D eigenvalue weighted by Gasteiger charge is 2.14. The second-order valence-corrected chi connectivity index (χ2v) is 8.39. The van der Waals surface area contributed by atoms with E-state index < -0.39 is 20.0 Å². The zero-order valence-corrected chi connectivity index (χ0v) is 14.8. The highest BCUT2D eigenvalue weighted by atomic mass is 32.2. The highest BCUT2D eigenvalue weighted by Crippen LogP contribution is 2.21. The maximum absolute atomic E-state index is 12.3. The molecule has 0 aliphatic carbocycles. The van der Waals surface area contributed by atoms with Crippen LogP contribution >= 0.6 is 0 Å². The summed E-state index contributed by atoms with van der Waals surface area (Å²) in [4.78, 5) is 0.101. The molecule has 0 spiro atoms. The maximum Gasteiger partial charge on any atom is 0.261 e. The third-order valence-electron chi connectivity index (χ3n) is 2.89. The molecule has 24 heavy (non-hydrogen) atoms. The Labute approximate surface area is 141 Å². The minimum atomic E-state index is -3.74. The molecule has 0 saturated heterocycles. The number of benzene rings is 2. The van der Waals surface area contributed by atoms with Crippen LogP contribution in [-0.4, -0.2) is 29.7 Å². The lowest BCUT2D eigenvalue weighted by Gasteiger charge is -2.10. The van der Waals surface area contributed by atoms with E-state index in [0.29, 0.717) is 23.7 Å². The normalized spacial score (nSPS) is 11.8. The summed E-state index contributed by atoms with van der Waals surface area (Å²) in [7, 11) is -7.11. The Hall–Kier alpha value is -2.26. The van der Waals surface area contributed by atoms with E-state index in [-0.39, 0.29) is 4.90 Å². The molecule has 0 amide bonds. The van der Waals surface area contributed by atoms with E-state index >= 15 is 0 Å². The number of ether oxygens (including phenoxy) is 1. The van der Waals surface area contributed by atoms with Gasteiger partial charge in [0.05, 0.1) is 17.8 Å². The van der Waals surface area contributed by atoms with Crippen LogP contribution in [0.25, 0.3) is 0 Å². The Bertz CT molecular complexity index is 890. The summed E-state index contributed by atoms with van der Waals surface area (Å²) in [5, 5.41) is 0. The minimum Gasteiger partial charge on any atom is -0.494 e. The molecule has 0 aromatic heterocycles. The second kappa shape index (κ2) is 7.10. The summed E-state index contributed by atoms with van der Waals surface area (Å²) in [6.07, 6.45) is 1.04. The Morgan fingerprint density at radius 1 is 0.833 bits per heavy atom. The van der Waals surface area contributed by atoms with Crippen molar-refractivity contribution in [3.63, 3.8) is 0 Å². The SMILES string of the molecule is CCOc1ccc(S(=O)(=O)Nc2ccc(NS(C)(=O)=O)cc2)cc1. The molecule has 0 heterocycles. The predicted octanol–water partition coefficient (Wildman–Crippen LogP) is 2.26. The van der Waals surface area contributed by atoms with E-state index in [2.05, 4.69) is 9.44 Å². The molecule has 2 aromatic rings. The highest BCUT2D eigenvalue weighted by molar-refractivity contribution is 7.92. The van der Waals surface area contributed by atoms with Gasteiger partial charge in [-0.2, -0.15) is 0 Å². The van der Waals surface area contributed by atoms with Crippen molar-refractivity contribution < 1.29 is 21.6 Å². The number of anilines is 2. The third kappa shape index (κ3) is 5.14. The van der Waals surface area contributed by atoms with E-state index in [1.54, 1.807) is 12.1 Å². The number of rotatable bonds is 7. The molecule has 9 heteroatoms. The van der Waals surface area contributed by atoms with Crippen LogP contribution in [-0.2, 0) is 20.0 Å². The Morgan fingerprint density at radius 2 is 1.33 bits per heavy atom. The van der Waals surface area contributed by atoms with Crippen LogP contribution in [0.2, 0.25) is 0 Å². The van der Waals surface area contributed by atoms with Gasteiger partial charge in [-0.05, 0) is 55.5 Å². The van der Waals surface area contributed by atoms with Crippen molar-refractivity contribution in [3.05, 3.63) is 48.5 Å². The third-order valence-corrected chi connectivity index (χ3v) is 4.89. The first-order chi connectivity index (χ1) is 11.2. The van der Waals surface area contributed by atoms with Crippen LogP contribution in [0.1, 0.15) is 6.92 Å². The lowest BCUT2D eigenvalue weighted by Crippen LogP contribution is -2.13. The Morgan fingerprint density at radius 3 is 1.79 bits per heavy atom. The number of hydrogen-bond acceptors (Lipinski definition) is 5. The summed E-state index contributed by atoms with van der Waals surface area (Å²) in [5.41, 5.74) is 0.671. The van der Waals surface area contributed by atoms with Gasteiger partial charge in [-0.25, -0.2) is 16.8 Å². The fourth-order valence-electron chi connectivity index (χ4n) is 1.92. The molecule has 2 N–H and O–H groups in total. The van der Waals surface area contributed by atoms with Crippen molar-refractivity contribution in [1.29, 1.82) is 0 Å². The van der Waals surface area contributed by atoms with Crippen LogP contribution < -0.4 is 14.2 Å². The van der Waals surface area contributed by atoms with E-state index in [0.717, 1.165) is 6.26 Å². The molecule has 0 saturated carbocycles. The van der Waals surface area contributed by atoms with Crippen molar-refractivity contribution in [2.75, 3.05) is 22.3 Å². The fourth-order valence-corrected chi connectivity index (χ4v) is 3.54. The molecule has 0 aliphatic heterocycles. The van der Waals surface area contributed by atoms with Gasteiger partial charge < -0.3 is 4.74 Å². The molecule has 130 valence electrons. The average molecular weight is 370 g/mol. The zero-order valence-electron chi connectivity index (χ0n) is 13.2. The molecular weight excluding hydrogens is 352 g/mol. The van der Waals surface area contributed by atoms with Gasteiger partial charge in [-0.3, -0.25) is 9.44 Å². The molecule has 0 bridgehead atoms. The topological polar surface area (TPSA) is 102 Å². The van der Waals surface area contributed by atoms with Crippen LogP contribution in [0.4, 0.5) is 11.4 Å². The van der Waals surface area contributed by atoms with E-state index in [4.69, 9.17) is 4.74 Å². The first-order valence-corrected chi connectivity index (χ1v) is 10.4. The molecular formula is C15H18N2O5S2. The predicted molar refractivity (Wildman–Crippen MR) is 93.3 cm³/mol. The van der Waals surface area contributed by atoms with Crippen molar-refractivity contribution in [2.24, 2.45) is 0 Å². The van der Waals surface area contributed by atoms with Gasteiger partial charge in [0, 0.05) is 11.4 Å². The van der Waals surface area contributed by atoms with Gasteiger partial charge in [-0.15, -0.1) is 0 Å². The summed E-state index contributed by atoms with van der Waals surface area (Å²) >= 11 is 0. The molecule has 0 aliphatic rings. The van der Waals surface area contributed by atoms with Crippen molar-refractivity contribution in [3.8, 4) is 5.75 Å². The van der Waals surface area contributed by atoms with E-state index in [1.165, 1.54) is 36.4 Å². The smallest absolute Gasteiger partial charge is 0.261 e. The van der Waals surface area contributed by atoms with Crippen LogP contribution in [0.5, 0.6) is 5.75 Å². The largest absolute Gasteiger partial charge is 0.494 e. The Kier molecular flexibility index (Phi) is 5.35. The van der Waals surface area contributed by atoms with Crippen molar-refractivity contribution in [2.45, 2.75) is 11.8 Å². The summed E-state index contributed by atoms with van der Waals surface area (Å²) in [6.45, 7) is 2.34.